The summed E-state index contributed by atoms with van der Waals surface area (Å²) in [6.45, 7) is 9.53. The Kier molecular flexibility index (Phi) is 2.25. The van der Waals surface area contributed by atoms with Gasteiger partial charge in [-0.25, -0.2) is 0 Å². The summed E-state index contributed by atoms with van der Waals surface area (Å²) in [5.41, 5.74) is -0.781. The maximum Gasteiger partial charge on any atom is 0.110 e. The fourth-order valence-corrected chi connectivity index (χ4v) is 0.918. The monoisotopic (exact) mass is 131 g/mol. The number of nitrogens with one attached hydrogen (secondary N) is 1. The highest BCUT2D eigenvalue weighted by Gasteiger charge is 2.19. The van der Waals surface area contributed by atoms with Gasteiger partial charge in [0.05, 0.1) is 0 Å². The molecule has 9 heavy (non-hydrogen) atoms. The van der Waals surface area contributed by atoms with E-state index in [0.29, 0.717) is 0 Å². The highest BCUT2D eigenvalue weighted by molar-refractivity contribution is 4.76. The molecule has 0 heterocycles. The van der Waals surface area contributed by atoms with E-state index >= 15 is 0 Å². The molecule has 0 atom stereocenters. The predicted octanol–water partition coefficient (Wildman–Crippen LogP) is 1.10. The highest BCUT2D eigenvalue weighted by Crippen LogP contribution is 2.05. The van der Waals surface area contributed by atoms with Gasteiger partial charge in [0.25, 0.3) is 0 Å². The van der Waals surface area contributed by atoms with Gasteiger partial charge in [-0.2, -0.15) is 0 Å². The molecule has 0 unspecified atom stereocenters. The maximum atomic E-state index is 9.24. The molecule has 0 aliphatic carbocycles. The smallest absolute Gasteiger partial charge is 0.110 e. The highest BCUT2D eigenvalue weighted by atomic mass is 16.3. The van der Waals surface area contributed by atoms with Gasteiger partial charge in [0.15, 0.2) is 0 Å². The molecule has 2 N–H and O–H groups in total. The van der Waals surface area contributed by atoms with Crippen molar-refractivity contribution >= 4 is 0 Å². The molecule has 0 bridgehead atoms. The number of hydrogen-bond donors (Lipinski definition) is 2. The van der Waals surface area contributed by atoms with Crippen LogP contribution in [0.4, 0.5) is 0 Å². The van der Waals surface area contributed by atoms with E-state index in [9.17, 15) is 5.11 Å². The Bertz CT molecular complexity index is 74.1. The van der Waals surface area contributed by atoms with Crippen molar-refractivity contribution in [2.24, 2.45) is 0 Å². The van der Waals surface area contributed by atoms with Crippen molar-refractivity contribution < 1.29 is 5.11 Å². The van der Waals surface area contributed by atoms with Crippen LogP contribution in [0.3, 0.4) is 0 Å². The predicted molar refractivity (Wildman–Crippen MR) is 39.2 cm³/mol. The van der Waals surface area contributed by atoms with Gasteiger partial charge in [0.1, 0.15) is 5.72 Å². The number of aliphatic hydroxyl groups is 1. The van der Waals surface area contributed by atoms with E-state index in [1.54, 1.807) is 13.8 Å². The van der Waals surface area contributed by atoms with Crippen molar-refractivity contribution in [3.63, 3.8) is 0 Å². The lowest BCUT2D eigenvalue weighted by Gasteiger charge is -2.30. The fourth-order valence-electron chi connectivity index (χ4n) is 0.918. The van der Waals surface area contributed by atoms with Gasteiger partial charge in [-0.05, 0) is 34.6 Å². The molecule has 0 aromatic heterocycles. The van der Waals surface area contributed by atoms with Gasteiger partial charge in [-0.15, -0.1) is 0 Å². The molecule has 2 heteroatoms. The molecular weight excluding hydrogens is 114 g/mol. The lowest BCUT2D eigenvalue weighted by Crippen LogP contribution is -2.50. The normalized spacial score (nSPS) is 14.0. The molecule has 0 rings (SSSR count). The number of hydrogen-bond acceptors (Lipinski definition) is 2. The van der Waals surface area contributed by atoms with Crippen LogP contribution in [0.2, 0.25) is 0 Å². The van der Waals surface area contributed by atoms with E-state index in [4.69, 9.17) is 0 Å². The van der Waals surface area contributed by atoms with Crippen LogP contribution < -0.4 is 5.32 Å². The first kappa shape index (κ1) is 8.92. The molecular formula is C7H17NO. The Labute approximate surface area is 57.3 Å². The van der Waals surface area contributed by atoms with Crippen molar-refractivity contribution in [2.45, 2.75) is 45.9 Å². The SMILES string of the molecule is CC(C)(C)NC(C)(C)O. The Morgan fingerprint density at radius 3 is 1.33 bits per heavy atom. The molecule has 0 aromatic carbocycles. The fraction of sp³-hybridized carbons (Fsp3) is 1.00. The van der Waals surface area contributed by atoms with Crippen LogP contribution in [0.5, 0.6) is 0 Å². The Morgan fingerprint density at radius 1 is 1.00 bits per heavy atom. The van der Waals surface area contributed by atoms with Gasteiger partial charge in [0, 0.05) is 5.54 Å². The van der Waals surface area contributed by atoms with E-state index in [2.05, 4.69) is 5.32 Å². The summed E-state index contributed by atoms with van der Waals surface area (Å²) in [5, 5.41) is 12.3. The van der Waals surface area contributed by atoms with Crippen LogP contribution in [-0.4, -0.2) is 16.4 Å². The zero-order valence-corrected chi connectivity index (χ0v) is 6.95. The second-order valence-electron chi connectivity index (χ2n) is 3.93. The van der Waals surface area contributed by atoms with Gasteiger partial charge in [-0.3, -0.25) is 5.32 Å². The number of rotatable bonds is 1. The summed E-state index contributed by atoms with van der Waals surface area (Å²) in [6, 6.07) is 0. The van der Waals surface area contributed by atoms with Crippen LogP contribution in [0.1, 0.15) is 34.6 Å². The standard InChI is InChI=1S/C7H17NO/c1-6(2,3)8-7(4,5)9/h8-9H,1-5H3. The molecule has 0 saturated carbocycles. The lowest BCUT2D eigenvalue weighted by atomic mass is 10.1. The quantitative estimate of drug-likeness (QED) is 0.522. The maximum absolute atomic E-state index is 9.24. The van der Waals surface area contributed by atoms with Crippen LogP contribution >= 0.6 is 0 Å². The van der Waals surface area contributed by atoms with E-state index < -0.39 is 5.72 Å². The van der Waals surface area contributed by atoms with Gasteiger partial charge in [0.2, 0.25) is 0 Å². The first-order valence-electron chi connectivity index (χ1n) is 3.22. The van der Waals surface area contributed by atoms with Gasteiger partial charge >= 0.3 is 0 Å². The second kappa shape index (κ2) is 2.27. The molecule has 0 fully saturated rings. The van der Waals surface area contributed by atoms with Crippen LogP contribution in [0, 0.1) is 0 Å². The second-order valence-corrected chi connectivity index (χ2v) is 3.93. The minimum atomic E-state index is -0.766. The molecule has 0 aliphatic heterocycles. The summed E-state index contributed by atoms with van der Waals surface area (Å²) < 4.78 is 0. The topological polar surface area (TPSA) is 32.3 Å². The van der Waals surface area contributed by atoms with E-state index in [-0.39, 0.29) is 5.54 Å². The first-order valence-corrected chi connectivity index (χ1v) is 3.22. The van der Waals surface area contributed by atoms with E-state index in [0.717, 1.165) is 0 Å². The van der Waals surface area contributed by atoms with Crippen LogP contribution in [0.25, 0.3) is 0 Å². The molecule has 0 radical (unpaired) electrons. The zero-order chi connectivity index (χ0) is 7.71. The van der Waals surface area contributed by atoms with Crippen molar-refractivity contribution in [3.8, 4) is 0 Å². The van der Waals surface area contributed by atoms with Crippen LogP contribution in [0.15, 0.2) is 0 Å². The average molecular weight is 131 g/mol. The van der Waals surface area contributed by atoms with Crippen molar-refractivity contribution in [1.82, 2.24) is 5.32 Å². The third-order valence-electron chi connectivity index (χ3n) is 0.681. The molecule has 0 aliphatic rings. The molecule has 56 valence electrons. The summed E-state index contributed by atoms with van der Waals surface area (Å²) in [4.78, 5) is 0. The summed E-state index contributed by atoms with van der Waals surface area (Å²) >= 11 is 0. The van der Waals surface area contributed by atoms with Gasteiger partial charge in [-0.1, -0.05) is 0 Å². The Hall–Kier alpha value is -0.0800. The molecule has 0 spiro atoms. The molecule has 2 nitrogen and oxygen atoms in total. The van der Waals surface area contributed by atoms with E-state index in [1.165, 1.54) is 0 Å². The molecule has 0 amide bonds. The molecule has 0 aromatic rings. The average Bonchev–Trinajstić information content (AvgIpc) is 1.14. The Balaban J connectivity index is 3.75. The van der Waals surface area contributed by atoms with Gasteiger partial charge < -0.3 is 5.11 Å². The van der Waals surface area contributed by atoms with Crippen molar-refractivity contribution in [1.29, 1.82) is 0 Å². The summed E-state index contributed by atoms with van der Waals surface area (Å²) in [6.07, 6.45) is 0. The minimum Gasteiger partial charge on any atom is -0.376 e. The van der Waals surface area contributed by atoms with Crippen molar-refractivity contribution in [2.75, 3.05) is 0 Å². The minimum absolute atomic E-state index is 0.0156. The molecule has 0 saturated heterocycles. The van der Waals surface area contributed by atoms with Crippen molar-refractivity contribution in [3.05, 3.63) is 0 Å². The van der Waals surface area contributed by atoms with E-state index in [1.807, 2.05) is 20.8 Å². The third-order valence-corrected chi connectivity index (χ3v) is 0.681. The zero-order valence-electron chi connectivity index (χ0n) is 6.95. The summed E-state index contributed by atoms with van der Waals surface area (Å²) in [5.74, 6) is 0. The lowest BCUT2D eigenvalue weighted by molar-refractivity contribution is 0.0187. The Morgan fingerprint density at radius 2 is 1.33 bits per heavy atom. The largest absolute Gasteiger partial charge is 0.376 e. The first-order chi connectivity index (χ1) is 3.71. The summed E-state index contributed by atoms with van der Waals surface area (Å²) in [7, 11) is 0. The third kappa shape index (κ3) is 7.92. The van der Waals surface area contributed by atoms with Crippen LogP contribution in [-0.2, 0) is 0 Å².